The molecule has 26 heavy (non-hydrogen) atoms. The first-order chi connectivity index (χ1) is 12.3. The molecular formula is C17H21F3N4OS. The molecular weight excluding hydrogens is 365 g/mol. The average molecular weight is 386 g/mol. The van der Waals surface area contributed by atoms with Gasteiger partial charge in [0.2, 0.25) is 0 Å². The molecule has 0 spiro atoms. The van der Waals surface area contributed by atoms with Gasteiger partial charge in [0.15, 0.2) is 0 Å². The van der Waals surface area contributed by atoms with Gasteiger partial charge in [-0.1, -0.05) is 0 Å². The zero-order chi connectivity index (χ0) is 18.7. The summed E-state index contributed by atoms with van der Waals surface area (Å²) in [5, 5.41) is 11.3. The summed E-state index contributed by atoms with van der Waals surface area (Å²) >= 11 is -0.137. The lowest BCUT2D eigenvalue weighted by molar-refractivity contribution is -0.0327. The maximum Gasteiger partial charge on any atom is 0.441 e. The maximum absolute atomic E-state index is 12.3. The summed E-state index contributed by atoms with van der Waals surface area (Å²) in [5.41, 5.74) is -2.20. The van der Waals surface area contributed by atoms with Crippen LogP contribution in [0.4, 0.5) is 13.2 Å². The summed E-state index contributed by atoms with van der Waals surface area (Å²) in [6.07, 6.45) is 3.07. The number of nitrogens with zero attached hydrogens (tertiary/aromatic N) is 2. The minimum atomic E-state index is -4.27. The van der Waals surface area contributed by atoms with E-state index in [9.17, 15) is 18.0 Å². The van der Waals surface area contributed by atoms with E-state index in [1.807, 2.05) is 17.8 Å². The number of benzene rings is 1. The van der Waals surface area contributed by atoms with Crippen molar-refractivity contribution in [3.8, 4) is 0 Å². The van der Waals surface area contributed by atoms with Crippen molar-refractivity contribution in [2.45, 2.75) is 25.4 Å². The molecule has 1 aromatic heterocycles. The fourth-order valence-corrected chi connectivity index (χ4v) is 3.62. The highest BCUT2D eigenvalue weighted by molar-refractivity contribution is 8.00. The van der Waals surface area contributed by atoms with Crippen LogP contribution in [-0.2, 0) is 6.54 Å². The van der Waals surface area contributed by atoms with E-state index in [0.29, 0.717) is 11.5 Å². The van der Waals surface area contributed by atoms with Crippen LogP contribution in [0.1, 0.15) is 22.3 Å². The number of carbonyl (C=O) groups excluding carboxylic acids is 1. The Hall–Kier alpha value is -1.74. The van der Waals surface area contributed by atoms with Gasteiger partial charge in [0.1, 0.15) is 0 Å². The highest BCUT2D eigenvalue weighted by Crippen LogP contribution is 2.29. The van der Waals surface area contributed by atoms with Gasteiger partial charge in [-0.15, -0.1) is 0 Å². The van der Waals surface area contributed by atoms with Crippen LogP contribution in [0.2, 0.25) is 0 Å². The predicted octanol–water partition coefficient (Wildman–Crippen LogP) is 2.94. The number of rotatable bonds is 6. The number of nitrogens with one attached hydrogen (secondary N) is 2. The molecule has 1 aromatic carbocycles. The van der Waals surface area contributed by atoms with Gasteiger partial charge >= 0.3 is 5.51 Å². The first-order valence-electron chi connectivity index (χ1n) is 8.50. The van der Waals surface area contributed by atoms with Crippen molar-refractivity contribution in [2.24, 2.45) is 5.92 Å². The Labute approximate surface area is 153 Å². The SMILES string of the molecule is Cc1c(C(=O)NCCSC(F)(F)F)ccc2nn(C[C@@H]3CCNC3)cc12. The van der Waals surface area contributed by atoms with Crippen LogP contribution in [0.15, 0.2) is 18.3 Å². The van der Waals surface area contributed by atoms with Crippen LogP contribution >= 0.6 is 11.8 Å². The zero-order valence-corrected chi connectivity index (χ0v) is 15.2. The lowest BCUT2D eigenvalue weighted by Gasteiger charge is -2.09. The van der Waals surface area contributed by atoms with Gasteiger partial charge in [0.05, 0.1) is 5.52 Å². The Bertz CT molecular complexity index is 784. The number of halogens is 3. The molecule has 0 unspecified atom stereocenters. The second kappa shape index (κ2) is 7.87. The van der Waals surface area contributed by atoms with Crippen LogP contribution in [0.25, 0.3) is 10.9 Å². The number of aromatic nitrogens is 2. The smallest absolute Gasteiger partial charge is 0.351 e. The van der Waals surface area contributed by atoms with Gasteiger partial charge in [0, 0.05) is 36.0 Å². The fraction of sp³-hybridized carbons (Fsp3) is 0.529. The van der Waals surface area contributed by atoms with E-state index in [0.717, 1.165) is 42.5 Å². The molecule has 2 heterocycles. The Morgan fingerprint density at radius 2 is 2.27 bits per heavy atom. The molecule has 0 bridgehead atoms. The molecule has 1 saturated heterocycles. The molecule has 0 radical (unpaired) electrons. The quantitative estimate of drug-likeness (QED) is 0.750. The standard InChI is InChI=1S/C17H21F3N4OS/c1-11-13(16(25)22-6-7-26-17(18,19)20)2-3-15-14(11)10-24(23-15)9-12-4-5-21-8-12/h2-3,10,12,21H,4-9H2,1H3,(H,22,25)/t12-/m1/s1. The molecule has 1 aliphatic heterocycles. The van der Waals surface area contributed by atoms with E-state index in [-0.39, 0.29) is 30.0 Å². The van der Waals surface area contributed by atoms with Crippen molar-refractivity contribution in [3.63, 3.8) is 0 Å². The van der Waals surface area contributed by atoms with Crippen molar-refractivity contribution >= 4 is 28.6 Å². The Kier molecular flexibility index (Phi) is 5.76. The van der Waals surface area contributed by atoms with Crippen molar-refractivity contribution in [1.82, 2.24) is 20.4 Å². The fourth-order valence-electron chi connectivity index (χ4n) is 3.18. The third kappa shape index (κ3) is 4.70. The third-order valence-electron chi connectivity index (χ3n) is 4.51. The molecule has 5 nitrogen and oxygen atoms in total. The first kappa shape index (κ1) is 19.0. The molecule has 2 aromatic rings. The summed E-state index contributed by atoms with van der Waals surface area (Å²) in [5.74, 6) is -0.0115. The largest absolute Gasteiger partial charge is 0.441 e. The molecule has 2 N–H and O–H groups in total. The monoisotopic (exact) mass is 386 g/mol. The van der Waals surface area contributed by atoms with E-state index in [1.165, 1.54) is 0 Å². The van der Waals surface area contributed by atoms with Crippen LogP contribution in [0.3, 0.4) is 0 Å². The van der Waals surface area contributed by atoms with Gasteiger partial charge in [-0.3, -0.25) is 9.48 Å². The molecule has 0 saturated carbocycles. The Balaban J connectivity index is 1.66. The molecule has 1 fully saturated rings. The van der Waals surface area contributed by atoms with E-state index < -0.39 is 5.51 Å². The number of aryl methyl sites for hydroxylation is 1. The van der Waals surface area contributed by atoms with Crippen LogP contribution in [0, 0.1) is 12.8 Å². The first-order valence-corrected chi connectivity index (χ1v) is 9.48. The lowest BCUT2D eigenvalue weighted by Crippen LogP contribution is -2.27. The summed E-state index contributed by atoms with van der Waals surface area (Å²) in [6, 6.07) is 3.46. The molecule has 1 aliphatic rings. The van der Waals surface area contributed by atoms with Gasteiger partial charge in [-0.25, -0.2) is 0 Å². The maximum atomic E-state index is 12.3. The van der Waals surface area contributed by atoms with Crippen molar-refractivity contribution in [1.29, 1.82) is 0 Å². The van der Waals surface area contributed by atoms with Gasteiger partial charge in [0.25, 0.3) is 5.91 Å². The van der Waals surface area contributed by atoms with Crippen molar-refractivity contribution in [3.05, 3.63) is 29.5 Å². The van der Waals surface area contributed by atoms with E-state index in [2.05, 4.69) is 15.7 Å². The number of alkyl halides is 3. The van der Waals surface area contributed by atoms with E-state index >= 15 is 0 Å². The molecule has 142 valence electrons. The molecule has 9 heteroatoms. The number of fused-ring (bicyclic) bond motifs is 1. The average Bonchev–Trinajstić information content (AvgIpc) is 3.21. The second-order valence-electron chi connectivity index (χ2n) is 6.43. The minimum Gasteiger partial charge on any atom is -0.351 e. The highest BCUT2D eigenvalue weighted by Gasteiger charge is 2.27. The normalized spacial score (nSPS) is 17.8. The van der Waals surface area contributed by atoms with Crippen LogP contribution in [0.5, 0.6) is 0 Å². The van der Waals surface area contributed by atoms with Crippen LogP contribution < -0.4 is 10.6 Å². The van der Waals surface area contributed by atoms with E-state index in [1.54, 1.807) is 12.1 Å². The number of carbonyl (C=O) groups is 1. The highest BCUT2D eigenvalue weighted by atomic mass is 32.2. The van der Waals surface area contributed by atoms with Crippen molar-refractivity contribution in [2.75, 3.05) is 25.4 Å². The number of amides is 1. The summed E-state index contributed by atoms with van der Waals surface area (Å²) in [7, 11) is 0. The molecule has 1 atom stereocenters. The Morgan fingerprint density at radius 1 is 1.46 bits per heavy atom. The Morgan fingerprint density at radius 3 is 2.96 bits per heavy atom. The molecule has 0 aliphatic carbocycles. The number of hydrogen-bond donors (Lipinski definition) is 2. The molecule has 3 rings (SSSR count). The van der Waals surface area contributed by atoms with Gasteiger partial charge in [-0.2, -0.15) is 18.3 Å². The van der Waals surface area contributed by atoms with Gasteiger partial charge in [-0.05, 0) is 61.8 Å². The minimum absolute atomic E-state index is 0.0333. The zero-order valence-electron chi connectivity index (χ0n) is 14.4. The second-order valence-corrected chi connectivity index (χ2v) is 7.59. The third-order valence-corrected chi connectivity index (χ3v) is 5.25. The number of hydrogen-bond acceptors (Lipinski definition) is 4. The number of thioether (sulfide) groups is 1. The van der Waals surface area contributed by atoms with E-state index in [4.69, 9.17) is 0 Å². The predicted molar refractivity (Wildman–Crippen MR) is 96.3 cm³/mol. The lowest BCUT2D eigenvalue weighted by atomic mass is 10.0. The summed E-state index contributed by atoms with van der Waals surface area (Å²) < 4.78 is 38.3. The summed E-state index contributed by atoms with van der Waals surface area (Å²) in [4.78, 5) is 12.3. The molecule has 1 amide bonds. The topological polar surface area (TPSA) is 59.0 Å². The van der Waals surface area contributed by atoms with Crippen LogP contribution in [-0.4, -0.2) is 46.6 Å². The summed E-state index contributed by atoms with van der Waals surface area (Å²) in [6.45, 7) is 4.65. The van der Waals surface area contributed by atoms with Gasteiger partial charge < -0.3 is 10.6 Å². The van der Waals surface area contributed by atoms with Crippen molar-refractivity contribution < 1.29 is 18.0 Å².